The summed E-state index contributed by atoms with van der Waals surface area (Å²) in [6.45, 7) is 3.13. The van der Waals surface area contributed by atoms with Crippen LogP contribution in [0.3, 0.4) is 0 Å². The highest BCUT2D eigenvalue weighted by Crippen LogP contribution is 2.18. The average molecular weight is 434 g/mol. The number of rotatable bonds is 8. The first-order chi connectivity index (χ1) is 15.7. The Hall–Kier alpha value is -3.65. The molecule has 0 aliphatic carbocycles. The highest BCUT2D eigenvalue weighted by molar-refractivity contribution is 5.95. The van der Waals surface area contributed by atoms with Gasteiger partial charge in [-0.2, -0.15) is 0 Å². The highest BCUT2D eigenvalue weighted by atomic mass is 16.5. The molecule has 3 heterocycles. The van der Waals surface area contributed by atoms with Crippen molar-refractivity contribution in [3.63, 3.8) is 0 Å². The predicted octanol–water partition coefficient (Wildman–Crippen LogP) is 2.17. The van der Waals surface area contributed by atoms with Crippen molar-refractivity contribution in [3.05, 3.63) is 83.9 Å². The van der Waals surface area contributed by atoms with E-state index in [9.17, 15) is 9.59 Å². The van der Waals surface area contributed by atoms with E-state index in [-0.39, 0.29) is 11.7 Å². The number of benzene rings is 1. The minimum atomic E-state index is -0.751. The standard InChI is InChI=1S/C24H26N4O4/c29-23(26-17-19-8-4-10-25-22(19)28-11-14-31-15-12-28)20(16-18-6-2-1-3-7-18)27-24(30)21-9-5-13-32-21/h1-10,13,20H,11-12,14-17H2,(H,26,29)(H,27,30). The Balaban J connectivity index is 1.46. The quantitative estimate of drug-likeness (QED) is 0.564. The van der Waals surface area contributed by atoms with Crippen molar-refractivity contribution in [2.75, 3.05) is 31.2 Å². The molecule has 8 nitrogen and oxygen atoms in total. The van der Waals surface area contributed by atoms with E-state index in [1.165, 1.54) is 6.26 Å². The topological polar surface area (TPSA) is 96.7 Å². The van der Waals surface area contributed by atoms with Gasteiger partial charge in [0, 0.05) is 37.8 Å². The molecule has 1 fully saturated rings. The van der Waals surface area contributed by atoms with Gasteiger partial charge in [-0.3, -0.25) is 9.59 Å². The number of hydrogen-bond donors (Lipinski definition) is 2. The van der Waals surface area contributed by atoms with E-state index in [0.29, 0.717) is 26.2 Å². The average Bonchev–Trinajstić information content (AvgIpc) is 3.39. The molecule has 0 spiro atoms. The molecule has 1 aliphatic rings. The summed E-state index contributed by atoms with van der Waals surface area (Å²) >= 11 is 0. The van der Waals surface area contributed by atoms with Crippen molar-refractivity contribution < 1.29 is 18.7 Å². The van der Waals surface area contributed by atoms with E-state index in [4.69, 9.17) is 9.15 Å². The molecular weight excluding hydrogens is 408 g/mol. The van der Waals surface area contributed by atoms with Crippen LogP contribution < -0.4 is 15.5 Å². The van der Waals surface area contributed by atoms with Crippen LogP contribution in [0.2, 0.25) is 0 Å². The Kier molecular flexibility index (Phi) is 7.14. The fourth-order valence-corrected chi connectivity index (χ4v) is 3.63. The normalized spacial score (nSPS) is 14.6. The van der Waals surface area contributed by atoms with E-state index >= 15 is 0 Å². The molecule has 1 saturated heterocycles. The van der Waals surface area contributed by atoms with Crippen molar-refractivity contribution in [1.29, 1.82) is 0 Å². The van der Waals surface area contributed by atoms with Gasteiger partial charge < -0.3 is 24.7 Å². The van der Waals surface area contributed by atoms with Crippen LogP contribution >= 0.6 is 0 Å². The van der Waals surface area contributed by atoms with Gasteiger partial charge in [-0.25, -0.2) is 4.98 Å². The minimum absolute atomic E-state index is 0.165. The van der Waals surface area contributed by atoms with Gasteiger partial charge in [0.25, 0.3) is 5.91 Å². The Bertz CT molecular complexity index is 1020. The number of morpholine rings is 1. The number of nitrogens with zero attached hydrogens (tertiary/aromatic N) is 2. The molecule has 1 unspecified atom stereocenters. The molecule has 2 aromatic heterocycles. The van der Waals surface area contributed by atoms with Gasteiger partial charge in [0.15, 0.2) is 5.76 Å². The number of nitrogens with one attached hydrogen (secondary N) is 2. The molecule has 4 rings (SSSR count). The van der Waals surface area contributed by atoms with E-state index < -0.39 is 11.9 Å². The summed E-state index contributed by atoms with van der Waals surface area (Å²) in [5.41, 5.74) is 1.86. The van der Waals surface area contributed by atoms with Gasteiger partial charge in [0.1, 0.15) is 11.9 Å². The van der Waals surface area contributed by atoms with Crippen LogP contribution in [-0.2, 0) is 22.5 Å². The number of pyridine rings is 1. The molecule has 2 N–H and O–H groups in total. The first-order valence-electron chi connectivity index (χ1n) is 10.6. The molecule has 1 aromatic carbocycles. The second-order valence-corrected chi connectivity index (χ2v) is 7.50. The summed E-state index contributed by atoms with van der Waals surface area (Å²) < 4.78 is 10.6. The number of amides is 2. The van der Waals surface area contributed by atoms with E-state index in [1.807, 2.05) is 42.5 Å². The van der Waals surface area contributed by atoms with Crippen LogP contribution in [0.25, 0.3) is 0 Å². The van der Waals surface area contributed by atoms with Crippen molar-refractivity contribution >= 4 is 17.6 Å². The number of furan rings is 1. The third kappa shape index (κ3) is 5.53. The second-order valence-electron chi connectivity index (χ2n) is 7.50. The fraction of sp³-hybridized carbons (Fsp3) is 0.292. The highest BCUT2D eigenvalue weighted by Gasteiger charge is 2.24. The van der Waals surface area contributed by atoms with Crippen molar-refractivity contribution in [1.82, 2.24) is 15.6 Å². The maximum absolute atomic E-state index is 13.1. The Labute approximate surface area is 186 Å². The SMILES string of the molecule is O=C(NC(Cc1ccccc1)C(=O)NCc1cccnc1N1CCOCC1)c1ccco1. The summed E-state index contributed by atoms with van der Waals surface area (Å²) in [5.74, 6) is 0.306. The van der Waals surface area contributed by atoms with Gasteiger partial charge in [-0.15, -0.1) is 0 Å². The lowest BCUT2D eigenvalue weighted by atomic mass is 10.0. The molecule has 1 atom stereocenters. The maximum atomic E-state index is 13.1. The zero-order valence-corrected chi connectivity index (χ0v) is 17.7. The molecule has 1 aliphatic heterocycles. The van der Waals surface area contributed by atoms with Crippen molar-refractivity contribution in [2.45, 2.75) is 19.0 Å². The minimum Gasteiger partial charge on any atom is -0.459 e. The van der Waals surface area contributed by atoms with Crippen molar-refractivity contribution in [3.8, 4) is 0 Å². The van der Waals surface area contributed by atoms with Crippen LogP contribution in [0, 0.1) is 0 Å². The van der Waals surface area contributed by atoms with Crippen LogP contribution in [-0.4, -0.2) is 49.1 Å². The third-order valence-electron chi connectivity index (χ3n) is 5.28. The van der Waals surface area contributed by atoms with Gasteiger partial charge in [-0.1, -0.05) is 36.4 Å². The number of carbonyl (C=O) groups excluding carboxylic acids is 2. The molecule has 166 valence electrons. The fourth-order valence-electron chi connectivity index (χ4n) is 3.63. The maximum Gasteiger partial charge on any atom is 0.287 e. The summed E-state index contributed by atoms with van der Waals surface area (Å²) in [4.78, 5) is 32.3. The Morgan fingerprint density at radius 3 is 2.59 bits per heavy atom. The van der Waals surface area contributed by atoms with Gasteiger partial charge in [0.05, 0.1) is 19.5 Å². The lowest BCUT2D eigenvalue weighted by molar-refractivity contribution is -0.123. The number of aromatic nitrogens is 1. The van der Waals surface area contributed by atoms with Crippen molar-refractivity contribution in [2.24, 2.45) is 0 Å². The largest absolute Gasteiger partial charge is 0.459 e. The molecule has 3 aromatic rings. The Morgan fingerprint density at radius 2 is 1.84 bits per heavy atom. The van der Waals surface area contributed by atoms with Gasteiger partial charge in [-0.05, 0) is 23.8 Å². The Morgan fingerprint density at radius 1 is 1.03 bits per heavy atom. The van der Waals surface area contributed by atoms with Crippen LogP contribution in [0.15, 0.2) is 71.5 Å². The van der Waals surface area contributed by atoms with Gasteiger partial charge in [0.2, 0.25) is 5.91 Å². The molecule has 32 heavy (non-hydrogen) atoms. The smallest absolute Gasteiger partial charge is 0.287 e. The molecule has 0 radical (unpaired) electrons. The van der Waals surface area contributed by atoms with Crippen LogP contribution in [0.4, 0.5) is 5.82 Å². The number of carbonyl (C=O) groups is 2. The number of anilines is 1. The monoisotopic (exact) mass is 434 g/mol. The number of hydrogen-bond acceptors (Lipinski definition) is 6. The van der Waals surface area contributed by atoms with E-state index in [0.717, 1.165) is 30.0 Å². The summed E-state index contributed by atoms with van der Waals surface area (Å²) in [6.07, 6.45) is 3.54. The lowest BCUT2D eigenvalue weighted by Crippen LogP contribution is -2.48. The number of ether oxygens (including phenoxy) is 1. The van der Waals surface area contributed by atoms with E-state index in [2.05, 4.69) is 20.5 Å². The summed E-state index contributed by atoms with van der Waals surface area (Å²) in [6, 6.07) is 15.8. The van der Waals surface area contributed by atoms with E-state index in [1.54, 1.807) is 18.3 Å². The first kappa shape index (κ1) is 21.6. The lowest BCUT2D eigenvalue weighted by Gasteiger charge is -2.29. The molecule has 2 amide bonds. The van der Waals surface area contributed by atoms with Crippen LogP contribution in [0.5, 0.6) is 0 Å². The summed E-state index contributed by atoms with van der Waals surface area (Å²) in [7, 11) is 0. The molecule has 0 bridgehead atoms. The molecule has 8 heteroatoms. The zero-order chi connectivity index (χ0) is 22.2. The van der Waals surface area contributed by atoms with Gasteiger partial charge >= 0.3 is 0 Å². The van der Waals surface area contributed by atoms with Crippen LogP contribution in [0.1, 0.15) is 21.7 Å². The molecule has 0 saturated carbocycles. The summed E-state index contributed by atoms with van der Waals surface area (Å²) in [5, 5.41) is 5.76. The molecular formula is C24H26N4O4. The third-order valence-corrected chi connectivity index (χ3v) is 5.28. The predicted molar refractivity (Wildman–Crippen MR) is 119 cm³/mol. The second kappa shape index (κ2) is 10.6. The zero-order valence-electron chi connectivity index (χ0n) is 17.7. The first-order valence-corrected chi connectivity index (χ1v) is 10.6.